The molecule has 2 rings (SSSR count). The van der Waals surface area contributed by atoms with Gasteiger partial charge in [-0.2, -0.15) is 0 Å². The zero-order valence-electron chi connectivity index (χ0n) is 11.3. The monoisotopic (exact) mass is 265 g/mol. The highest BCUT2D eigenvalue weighted by Crippen LogP contribution is 2.11. The Morgan fingerprint density at radius 2 is 1.70 bits per heavy atom. The lowest BCUT2D eigenvalue weighted by Crippen LogP contribution is -2.04. The first-order chi connectivity index (χ1) is 9.85. The topological polar surface area (TPSA) is 47.2 Å². The average molecular weight is 265 g/mol. The second kappa shape index (κ2) is 7.19. The predicted molar refractivity (Wildman–Crippen MR) is 78.9 cm³/mol. The molecule has 0 aliphatic rings. The van der Waals surface area contributed by atoms with Gasteiger partial charge in [-0.05, 0) is 29.8 Å². The van der Waals surface area contributed by atoms with Crippen molar-refractivity contribution in [2.75, 3.05) is 6.61 Å². The molecule has 2 aromatic rings. The molecule has 0 atom stereocenters. The van der Waals surface area contributed by atoms with Gasteiger partial charge in [-0.15, -0.1) is 6.58 Å². The van der Waals surface area contributed by atoms with Crippen molar-refractivity contribution in [2.24, 2.45) is 0 Å². The van der Waals surface area contributed by atoms with Crippen LogP contribution in [0.15, 0.2) is 67.3 Å². The van der Waals surface area contributed by atoms with Gasteiger partial charge in [0.2, 0.25) is 0 Å². The molecule has 0 aliphatic heterocycles. The highest BCUT2D eigenvalue weighted by atomic mass is 16.5. The zero-order valence-corrected chi connectivity index (χ0v) is 11.3. The Balaban J connectivity index is 2.16. The smallest absolute Gasteiger partial charge is 0.373 e. The van der Waals surface area contributed by atoms with Gasteiger partial charge in [0, 0.05) is 0 Å². The van der Waals surface area contributed by atoms with E-state index < -0.39 is 0 Å². The van der Waals surface area contributed by atoms with Crippen LogP contribution in [0.3, 0.4) is 0 Å². The van der Waals surface area contributed by atoms with Gasteiger partial charge in [0.25, 0.3) is 0 Å². The first-order valence-corrected chi connectivity index (χ1v) is 6.43. The molecule has 0 fully saturated rings. The first-order valence-electron chi connectivity index (χ1n) is 6.43. The molecule has 3 heteroatoms. The van der Waals surface area contributed by atoms with Gasteiger partial charge in [-0.3, -0.25) is 0 Å². The van der Waals surface area contributed by atoms with Crippen molar-refractivity contribution >= 4 is 5.71 Å². The third kappa shape index (κ3) is 3.51. The third-order valence-electron chi connectivity index (χ3n) is 2.89. The Morgan fingerprint density at radius 1 is 1.05 bits per heavy atom. The second-order valence-electron chi connectivity index (χ2n) is 4.33. The quantitative estimate of drug-likeness (QED) is 0.281. The Kier molecular flexibility index (Phi) is 5.01. The summed E-state index contributed by atoms with van der Waals surface area (Å²) in [6.45, 7) is 4.72. The maximum absolute atomic E-state index is 7.38. The van der Waals surface area contributed by atoms with Gasteiger partial charge in [-0.25, -0.2) is 0 Å². The van der Waals surface area contributed by atoms with Crippen LogP contribution in [0, 0.1) is 5.53 Å². The van der Waals surface area contributed by atoms with Crippen molar-refractivity contribution in [3.05, 3.63) is 83.9 Å². The van der Waals surface area contributed by atoms with Crippen molar-refractivity contribution in [2.45, 2.75) is 6.61 Å². The van der Waals surface area contributed by atoms with Crippen LogP contribution < -0.4 is 0 Å². The van der Waals surface area contributed by atoms with Crippen molar-refractivity contribution in [1.29, 1.82) is 5.53 Å². The number of hydrogen-bond donors (Lipinski definition) is 1. The SMILES string of the molecule is C=CCOCc1ccc(C(=[N+]=N)c2ccccc2)cc1. The van der Waals surface area contributed by atoms with Gasteiger partial charge in [0.15, 0.2) is 0 Å². The van der Waals surface area contributed by atoms with E-state index in [0.717, 1.165) is 16.7 Å². The molecule has 1 N–H and O–H groups in total. The van der Waals surface area contributed by atoms with Gasteiger partial charge < -0.3 is 4.74 Å². The molecule has 0 bridgehead atoms. The van der Waals surface area contributed by atoms with Crippen LogP contribution in [0.2, 0.25) is 0 Å². The summed E-state index contributed by atoms with van der Waals surface area (Å²) in [5.74, 6) is 0. The van der Waals surface area contributed by atoms with Crippen LogP contribution >= 0.6 is 0 Å². The number of nitrogens with one attached hydrogen (secondary N) is 1. The number of hydrogen-bond acceptors (Lipinski definition) is 2. The first kappa shape index (κ1) is 13.9. The van der Waals surface area contributed by atoms with Crippen LogP contribution in [-0.4, -0.2) is 17.1 Å². The largest absolute Gasteiger partial charge is 0.379 e. The molecule has 3 nitrogen and oxygen atoms in total. The zero-order chi connectivity index (χ0) is 14.2. The van der Waals surface area contributed by atoms with E-state index in [0.29, 0.717) is 18.9 Å². The summed E-state index contributed by atoms with van der Waals surface area (Å²) >= 11 is 0. The fraction of sp³-hybridized carbons (Fsp3) is 0.118. The second-order valence-corrected chi connectivity index (χ2v) is 4.33. The Morgan fingerprint density at radius 3 is 2.30 bits per heavy atom. The summed E-state index contributed by atoms with van der Waals surface area (Å²) in [6, 6.07) is 17.7. The lowest BCUT2D eigenvalue weighted by atomic mass is 10.0. The Hall–Kier alpha value is -2.48. The molecular weight excluding hydrogens is 248 g/mol. The minimum absolute atomic E-state index is 0.547. The minimum Gasteiger partial charge on any atom is -0.373 e. The summed E-state index contributed by atoms with van der Waals surface area (Å²) in [4.78, 5) is 3.66. The van der Waals surface area contributed by atoms with Crippen molar-refractivity contribution in [1.82, 2.24) is 0 Å². The Labute approximate surface area is 118 Å². The molecule has 0 aromatic heterocycles. The number of nitrogens with zero attached hydrogens (tertiary/aromatic N) is 1. The van der Waals surface area contributed by atoms with Crippen LogP contribution in [0.4, 0.5) is 0 Å². The molecule has 0 aliphatic carbocycles. The molecule has 20 heavy (non-hydrogen) atoms. The van der Waals surface area contributed by atoms with Crippen LogP contribution in [-0.2, 0) is 11.3 Å². The van der Waals surface area contributed by atoms with Gasteiger partial charge >= 0.3 is 5.71 Å². The van der Waals surface area contributed by atoms with E-state index in [1.165, 1.54) is 0 Å². The molecule has 0 saturated heterocycles. The summed E-state index contributed by atoms with van der Waals surface area (Å²) in [5.41, 5.74) is 11.0. The molecule has 2 aromatic carbocycles. The highest BCUT2D eigenvalue weighted by Gasteiger charge is 2.16. The molecule has 0 heterocycles. The van der Waals surface area contributed by atoms with Crippen LogP contribution in [0.25, 0.3) is 0 Å². The van der Waals surface area contributed by atoms with Crippen molar-refractivity contribution < 1.29 is 9.53 Å². The van der Waals surface area contributed by atoms with Gasteiger partial charge in [0.05, 0.1) is 34.7 Å². The highest BCUT2D eigenvalue weighted by molar-refractivity contribution is 6.09. The molecule has 100 valence electrons. The molecule has 0 saturated carbocycles. The summed E-state index contributed by atoms with van der Waals surface area (Å²) in [5, 5.41) is 0. The van der Waals surface area contributed by atoms with Gasteiger partial charge in [0.1, 0.15) is 0 Å². The molecule has 0 unspecified atom stereocenters. The summed E-state index contributed by atoms with van der Waals surface area (Å²) in [6.07, 6.45) is 1.73. The maximum atomic E-state index is 7.38. The van der Waals surface area contributed by atoms with E-state index in [9.17, 15) is 0 Å². The fourth-order valence-corrected chi connectivity index (χ4v) is 1.91. The molecule has 0 radical (unpaired) electrons. The van der Waals surface area contributed by atoms with E-state index in [1.54, 1.807) is 6.08 Å². The van der Waals surface area contributed by atoms with E-state index in [1.807, 2.05) is 54.6 Å². The van der Waals surface area contributed by atoms with E-state index in [4.69, 9.17) is 10.3 Å². The van der Waals surface area contributed by atoms with Gasteiger partial charge in [-0.1, -0.05) is 36.4 Å². The third-order valence-corrected chi connectivity index (χ3v) is 2.89. The molecular formula is C17H17N2O+. The summed E-state index contributed by atoms with van der Waals surface area (Å²) in [7, 11) is 0. The summed E-state index contributed by atoms with van der Waals surface area (Å²) < 4.78 is 5.39. The minimum atomic E-state index is 0.547. The predicted octanol–water partition coefficient (Wildman–Crippen LogP) is 3.47. The number of rotatable bonds is 6. The average Bonchev–Trinajstić information content (AvgIpc) is 2.51. The lowest BCUT2D eigenvalue weighted by molar-refractivity contribution is -0.117. The van der Waals surface area contributed by atoms with Crippen molar-refractivity contribution in [3.63, 3.8) is 0 Å². The standard InChI is InChI=1S/C17H17N2O/c1-2-12-20-13-14-8-10-16(11-9-14)17(19-18)15-6-4-3-5-7-15/h2-11,18H,1,12-13H2/q+1. The normalized spacial score (nSPS) is 9.80. The lowest BCUT2D eigenvalue weighted by Gasteiger charge is -2.02. The molecule has 0 spiro atoms. The molecule has 0 amide bonds. The van der Waals surface area contributed by atoms with Crippen LogP contribution in [0.1, 0.15) is 16.7 Å². The van der Waals surface area contributed by atoms with E-state index >= 15 is 0 Å². The number of ether oxygens (including phenoxy) is 1. The number of benzene rings is 2. The maximum Gasteiger partial charge on any atom is 0.379 e. The van der Waals surface area contributed by atoms with Crippen LogP contribution in [0.5, 0.6) is 0 Å². The van der Waals surface area contributed by atoms with E-state index in [2.05, 4.69) is 11.4 Å². The van der Waals surface area contributed by atoms with E-state index in [-0.39, 0.29) is 0 Å². The fourth-order valence-electron chi connectivity index (χ4n) is 1.91. The Bertz CT molecular complexity index is 611. The van der Waals surface area contributed by atoms with Crippen molar-refractivity contribution in [3.8, 4) is 0 Å².